The number of carbonyl (C=O) groups excluding carboxylic acids is 1. The molecule has 2 aromatic heterocycles. The summed E-state index contributed by atoms with van der Waals surface area (Å²) in [5.74, 6) is 1.70. The lowest BCUT2D eigenvalue weighted by molar-refractivity contribution is -0.128. The van der Waals surface area contributed by atoms with Crippen molar-refractivity contribution in [1.82, 2.24) is 14.9 Å². The Morgan fingerprint density at radius 1 is 1.25 bits per heavy atom. The molecule has 7 heteroatoms. The second kappa shape index (κ2) is 7.14. The number of rotatable bonds is 6. The van der Waals surface area contributed by atoms with Crippen LogP contribution in [0.5, 0.6) is 0 Å². The standard InChI is InChI=1S/C21H22N4O2S/c1-27-11-17-23-20(22-14-9-18(26)25(10-14)15-7-8-15)19-16(12-28-21(19)24-17)13-5-3-2-4-6-13/h2-6,12,14-15H,7-11H2,1H3,(H,22,23,24). The summed E-state index contributed by atoms with van der Waals surface area (Å²) < 4.78 is 5.26. The number of amides is 1. The summed E-state index contributed by atoms with van der Waals surface area (Å²) in [6.45, 7) is 1.11. The first-order chi connectivity index (χ1) is 13.7. The molecule has 2 aliphatic rings. The number of methoxy groups -OCH3 is 1. The summed E-state index contributed by atoms with van der Waals surface area (Å²) in [5.41, 5.74) is 2.26. The number of fused-ring (bicyclic) bond motifs is 1. The number of ether oxygens (including phenoxy) is 1. The number of benzene rings is 1. The minimum Gasteiger partial charge on any atom is -0.377 e. The molecule has 0 bridgehead atoms. The average Bonchev–Trinajstić information content (AvgIpc) is 3.35. The zero-order chi connectivity index (χ0) is 19.1. The summed E-state index contributed by atoms with van der Waals surface area (Å²) in [6.07, 6.45) is 2.79. The summed E-state index contributed by atoms with van der Waals surface area (Å²) in [7, 11) is 1.65. The molecule has 1 saturated heterocycles. The van der Waals surface area contributed by atoms with Gasteiger partial charge in [-0.1, -0.05) is 30.3 Å². The maximum Gasteiger partial charge on any atom is 0.225 e. The Kier molecular flexibility index (Phi) is 4.49. The van der Waals surface area contributed by atoms with E-state index in [0.29, 0.717) is 24.9 Å². The lowest BCUT2D eigenvalue weighted by atomic mass is 10.1. The highest BCUT2D eigenvalue weighted by Crippen LogP contribution is 2.38. The third kappa shape index (κ3) is 3.25. The van der Waals surface area contributed by atoms with Gasteiger partial charge in [0.2, 0.25) is 5.91 Å². The number of carbonyl (C=O) groups is 1. The third-order valence-corrected chi connectivity index (χ3v) is 6.20. The maximum absolute atomic E-state index is 12.4. The number of hydrogen-bond donors (Lipinski definition) is 1. The molecular weight excluding hydrogens is 372 g/mol. The van der Waals surface area contributed by atoms with Crippen LogP contribution in [0.4, 0.5) is 5.82 Å². The van der Waals surface area contributed by atoms with Crippen molar-refractivity contribution in [2.24, 2.45) is 0 Å². The highest BCUT2D eigenvalue weighted by Gasteiger charge is 2.39. The molecule has 3 aromatic rings. The Balaban J connectivity index is 1.53. The molecule has 28 heavy (non-hydrogen) atoms. The molecule has 3 heterocycles. The highest BCUT2D eigenvalue weighted by molar-refractivity contribution is 7.17. The topological polar surface area (TPSA) is 67.3 Å². The first-order valence-corrected chi connectivity index (χ1v) is 10.5. The van der Waals surface area contributed by atoms with E-state index in [1.54, 1.807) is 18.4 Å². The number of nitrogens with zero attached hydrogens (tertiary/aromatic N) is 3. The van der Waals surface area contributed by atoms with E-state index in [1.165, 1.54) is 0 Å². The van der Waals surface area contributed by atoms with Crippen LogP contribution in [0.3, 0.4) is 0 Å². The van der Waals surface area contributed by atoms with Crippen molar-refractivity contribution in [1.29, 1.82) is 0 Å². The third-order valence-electron chi connectivity index (χ3n) is 5.33. The van der Waals surface area contributed by atoms with E-state index in [1.807, 2.05) is 23.1 Å². The van der Waals surface area contributed by atoms with Crippen molar-refractivity contribution >= 4 is 33.3 Å². The van der Waals surface area contributed by atoms with Crippen molar-refractivity contribution in [3.8, 4) is 11.1 Å². The Hall–Kier alpha value is -2.51. The summed E-state index contributed by atoms with van der Waals surface area (Å²) in [5, 5.41) is 6.71. The van der Waals surface area contributed by atoms with Crippen LogP contribution in [0.15, 0.2) is 35.7 Å². The fraction of sp³-hybridized carbons (Fsp3) is 0.381. The Labute approximate surface area is 167 Å². The average molecular weight is 395 g/mol. The Bertz CT molecular complexity index is 1020. The van der Waals surface area contributed by atoms with Gasteiger partial charge in [0, 0.05) is 37.1 Å². The smallest absolute Gasteiger partial charge is 0.225 e. The van der Waals surface area contributed by atoms with Gasteiger partial charge in [-0.3, -0.25) is 4.79 Å². The van der Waals surface area contributed by atoms with Gasteiger partial charge >= 0.3 is 0 Å². The fourth-order valence-corrected chi connectivity index (χ4v) is 4.84. The van der Waals surface area contributed by atoms with Crippen molar-refractivity contribution in [3.05, 3.63) is 41.5 Å². The second-order valence-electron chi connectivity index (χ2n) is 7.44. The predicted octanol–water partition coefficient (Wildman–Crippen LogP) is 3.68. The van der Waals surface area contributed by atoms with E-state index in [2.05, 4.69) is 27.8 Å². The lowest BCUT2D eigenvalue weighted by Crippen LogP contribution is -2.30. The van der Waals surface area contributed by atoms with Crippen LogP contribution in [0.2, 0.25) is 0 Å². The van der Waals surface area contributed by atoms with Crippen LogP contribution < -0.4 is 5.32 Å². The number of nitrogens with one attached hydrogen (secondary N) is 1. The quantitative estimate of drug-likeness (QED) is 0.691. The van der Waals surface area contributed by atoms with Gasteiger partial charge in [-0.25, -0.2) is 9.97 Å². The minimum absolute atomic E-state index is 0.0742. The largest absolute Gasteiger partial charge is 0.377 e. The van der Waals surface area contributed by atoms with E-state index in [-0.39, 0.29) is 11.9 Å². The molecule has 0 radical (unpaired) electrons. The van der Waals surface area contributed by atoms with Crippen molar-refractivity contribution in [2.75, 3.05) is 19.0 Å². The molecule has 1 N–H and O–H groups in total. The molecule has 6 nitrogen and oxygen atoms in total. The van der Waals surface area contributed by atoms with E-state index in [4.69, 9.17) is 9.72 Å². The molecular formula is C21H22N4O2S. The monoisotopic (exact) mass is 394 g/mol. The molecule has 1 aliphatic heterocycles. The molecule has 144 valence electrons. The van der Waals surface area contributed by atoms with E-state index in [9.17, 15) is 4.79 Å². The molecule has 1 unspecified atom stereocenters. The maximum atomic E-state index is 12.4. The molecule has 1 aliphatic carbocycles. The van der Waals surface area contributed by atoms with Gasteiger partial charge in [0.05, 0.1) is 11.4 Å². The SMILES string of the molecule is COCc1nc(NC2CC(=O)N(C3CC3)C2)c2c(-c3ccccc3)csc2n1. The fourth-order valence-electron chi connectivity index (χ4n) is 3.88. The minimum atomic E-state index is 0.0742. The first kappa shape index (κ1) is 17.6. The van der Waals surface area contributed by atoms with Crippen molar-refractivity contribution in [2.45, 2.75) is 38.0 Å². The molecule has 1 amide bonds. The number of thiophene rings is 1. The number of anilines is 1. The molecule has 1 saturated carbocycles. The molecule has 1 aromatic carbocycles. The van der Waals surface area contributed by atoms with Crippen LogP contribution in [0.25, 0.3) is 21.3 Å². The van der Waals surface area contributed by atoms with Gasteiger partial charge < -0.3 is 15.0 Å². The van der Waals surface area contributed by atoms with Gasteiger partial charge in [-0.05, 0) is 18.4 Å². The van der Waals surface area contributed by atoms with Crippen LogP contribution in [0, 0.1) is 0 Å². The van der Waals surface area contributed by atoms with Crippen LogP contribution >= 0.6 is 11.3 Å². The molecule has 2 fully saturated rings. The second-order valence-corrected chi connectivity index (χ2v) is 8.30. The van der Waals surface area contributed by atoms with Crippen molar-refractivity contribution in [3.63, 3.8) is 0 Å². The van der Waals surface area contributed by atoms with Crippen LogP contribution in [-0.4, -0.2) is 46.5 Å². The van der Waals surface area contributed by atoms with Gasteiger partial charge in [0.25, 0.3) is 0 Å². The molecule has 1 atom stereocenters. The van der Waals surface area contributed by atoms with E-state index >= 15 is 0 Å². The number of hydrogen-bond acceptors (Lipinski definition) is 6. The number of aromatic nitrogens is 2. The highest BCUT2D eigenvalue weighted by atomic mass is 32.1. The summed E-state index contributed by atoms with van der Waals surface area (Å²) in [4.78, 5) is 24.8. The number of likely N-dealkylation sites (tertiary alicyclic amines) is 1. The summed E-state index contributed by atoms with van der Waals surface area (Å²) >= 11 is 1.61. The van der Waals surface area contributed by atoms with Gasteiger partial charge in [0.15, 0.2) is 5.82 Å². The Morgan fingerprint density at radius 2 is 2.07 bits per heavy atom. The van der Waals surface area contributed by atoms with Gasteiger partial charge in [-0.15, -0.1) is 11.3 Å². The van der Waals surface area contributed by atoms with E-state index < -0.39 is 0 Å². The van der Waals surface area contributed by atoms with Crippen molar-refractivity contribution < 1.29 is 9.53 Å². The van der Waals surface area contributed by atoms with E-state index in [0.717, 1.165) is 46.5 Å². The lowest BCUT2D eigenvalue weighted by Gasteiger charge is -2.17. The first-order valence-electron chi connectivity index (χ1n) is 9.61. The zero-order valence-electron chi connectivity index (χ0n) is 15.7. The normalized spacial score (nSPS) is 19.5. The van der Waals surface area contributed by atoms with Gasteiger partial charge in [0.1, 0.15) is 17.3 Å². The molecule has 0 spiro atoms. The van der Waals surface area contributed by atoms with Crippen LogP contribution in [-0.2, 0) is 16.1 Å². The predicted molar refractivity (Wildman–Crippen MR) is 110 cm³/mol. The Morgan fingerprint density at radius 3 is 2.82 bits per heavy atom. The van der Waals surface area contributed by atoms with Gasteiger partial charge in [-0.2, -0.15) is 0 Å². The zero-order valence-corrected chi connectivity index (χ0v) is 16.5. The van der Waals surface area contributed by atoms with Crippen LogP contribution in [0.1, 0.15) is 25.1 Å². The molecule has 5 rings (SSSR count). The summed E-state index contributed by atoms with van der Waals surface area (Å²) in [6, 6.07) is 10.8.